The van der Waals surface area contributed by atoms with E-state index in [0.717, 1.165) is 12.2 Å². The van der Waals surface area contributed by atoms with Gasteiger partial charge in [-0.15, -0.1) is 0 Å². The number of carbonyl (C=O) groups excluding carboxylic acids is 1. The van der Waals surface area contributed by atoms with Crippen molar-refractivity contribution in [2.45, 2.75) is 6.42 Å². The molecule has 0 aromatic heterocycles. The SMILES string of the molecule is O=C(Nc1ccc2c(c1)OCCCO2)c1cccc(Oc2ccccc2)c1. The molecule has 5 nitrogen and oxygen atoms in total. The molecular formula is C22H19NO4. The lowest BCUT2D eigenvalue weighted by molar-refractivity contribution is 0.102. The zero-order valence-electron chi connectivity index (χ0n) is 14.7. The van der Waals surface area contributed by atoms with Crippen LogP contribution in [0, 0.1) is 0 Å². The maximum absolute atomic E-state index is 12.6. The predicted molar refractivity (Wildman–Crippen MR) is 103 cm³/mol. The quantitative estimate of drug-likeness (QED) is 0.719. The third-order valence-electron chi connectivity index (χ3n) is 4.08. The average Bonchev–Trinajstić information content (AvgIpc) is 2.94. The third-order valence-corrected chi connectivity index (χ3v) is 4.08. The van der Waals surface area contributed by atoms with Crippen molar-refractivity contribution in [2.24, 2.45) is 0 Å². The van der Waals surface area contributed by atoms with Gasteiger partial charge in [0, 0.05) is 23.7 Å². The van der Waals surface area contributed by atoms with Gasteiger partial charge in [-0.1, -0.05) is 24.3 Å². The summed E-state index contributed by atoms with van der Waals surface area (Å²) in [6, 6.07) is 21.9. The number of rotatable bonds is 4. The second kappa shape index (κ2) is 7.83. The second-order valence-electron chi connectivity index (χ2n) is 6.11. The molecule has 1 aliphatic heterocycles. The van der Waals surface area contributed by atoms with Gasteiger partial charge in [-0.25, -0.2) is 0 Å². The van der Waals surface area contributed by atoms with Gasteiger partial charge in [-0.2, -0.15) is 0 Å². The van der Waals surface area contributed by atoms with Crippen LogP contribution in [0.5, 0.6) is 23.0 Å². The highest BCUT2D eigenvalue weighted by Crippen LogP contribution is 2.32. The van der Waals surface area contributed by atoms with Gasteiger partial charge in [0.15, 0.2) is 11.5 Å². The van der Waals surface area contributed by atoms with Gasteiger partial charge in [0.25, 0.3) is 5.91 Å². The summed E-state index contributed by atoms with van der Waals surface area (Å²) in [6.07, 6.45) is 0.838. The van der Waals surface area contributed by atoms with E-state index in [0.29, 0.717) is 41.7 Å². The summed E-state index contributed by atoms with van der Waals surface area (Å²) in [7, 11) is 0. The Labute approximate surface area is 157 Å². The molecule has 1 heterocycles. The van der Waals surface area contributed by atoms with Gasteiger partial charge in [-0.05, 0) is 42.5 Å². The molecule has 0 unspecified atom stereocenters. The molecule has 5 heteroatoms. The van der Waals surface area contributed by atoms with Crippen molar-refractivity contribution in [1.82, 2.24) is 0 Å². The highest BCUT2D eigenvalue weighted by molar-refractivity contribution is 6.04. The first-order valence-corrected chi connectivity index (χ1v) is 8.82. The van der Waals surface area contributed by atoms with Crippen LogP contribution in [0.15, 0.2) is 72.8 Å². The number of ether oxygens (including phenoxy) is 3. The van der Waals surface area contributed by atoms with Crippen molar-refractivity contribution in [3.05, 3.63) is 78.4 Å². The molecule has 0 saturated carbocycles. The van der Waals surface area contributed by atoms with E-state index in [1.165, 1.54) is 0 Å². The molecule has 0 spiro atoms. The smallest absolute Gasteiger partial charge is 0.255 e. The third kappa shape index (κ3) is 4.20. The van der Waals surface area contributed by atoms with Gasteiger partial charge in [0.2, 0.25) is 0 Å². The fraction of sp³-hybridized carbons (Fsp3) is 0.136. The second-order valence-corrected chi connectivity index (χ2v) is 6.11. The molecular weight excluding hydrogens is 342 g/mol. The van der Waals surface area contributed by atoms with Crippen molar-refractivity contribution in [2.75, 3.05) is 18.5 Å². The average molecular weight is 361 g/mol. The molecule has 1 aliphatic rings. The maximum Gasteiger partial charge on any atom is 0.255 e. The summed E-state index contributed by atoms with van der Waals surface area (Å²) >= 11 is 0. The number of hydrogen-bond acceptors (Lipinski definition) is 4. The highest BCUT2D eigenvalue weighted by atomic mass is 16.5. The lowest BCUT2D eigenvalue weighted by atomic mass is 10.2. The Kier molecular flexibility index (Phi) is 4.92. The lowest BCUT2D eigenvalue weighted by Gasteiger charge is -2.11. The van der Waals surface area contributed by atoms with Crippen LogP contribution >= 0.6 is 0 Å². The molecule has 27 heavy (non-hydrogen) atoms. The van der Waals surface area contributed by atoms with E-state index >= 15 is 0 Å². The topological polar surface area (TPSA) is 56.8 Å². The van der Waals surface area contributed by atoms with Gasteiger partial charge in [0.05, 0.1) is 13.2 Å². The minimum absolute atomic E-state index is 0.219. The van der Waals surface area contributed by atoms with Crippen LogP contribution < -0.4 is 19.5 Å². The number of carbonyl (C=O) groups is 1. The summed E-state index contributed by atoms with van der Waals surface area (Å²) < 4.78 is 17.1. The number of nitrogens with one attached hydrogen (secondary N) is 1. The summed E-state index contributed by atoms with van der Waals surface area (Å²) in [5, 5.41) is 2.89. The molecule has 0 saturated heterocycles. The van der Waals surface area contributed by atoms with E-state index < -0.39 is 0 Å². The van der Waals surface area contributed by atoms with E-state index in [9.17, 15) is 4.79 Å². The molecule has 1 amide bonds. The zero-order chi connectivity index (χ0) is 18.5. The summed E-state index contributed by atoms with van der Waals surface area (Å²) in [5.41, 5.74) is 1.16. The monoisotopic (exact) mass is 361 g/mol. The summed E-state index contributed by atoms with van der Waals surface area (Å²) in [6.45, 7) is 1.23. The first-order chi connectivity index (χ1) is 13.3. The fourth-order valence-corrected chi connectivity index (χ4v) is 2.77. The van der Waals surface area contributed by atoms with Gasteiger partial charge < -0.3 is 19.5 Å². The Morgan fingerprint density at radius 2 is 1.59 bits per heavy atom. The van der Waals surface area contributed by atoms with Crippen molar-refractivity contribution in [3.8, 4) is 23.0 Å². The highest BCUT2D eigenvalue weighted by Gasteiger charge is 2.13. The van der Waals surface area contributed by atoms with Gasteiger partial charge >= 0.3 is 0 Å². The number of para-hydroxylation sites is 1. The molecule has 3 aromatic carbocycles. The molecule has 0 aliphatic carbocycles. The van der Waals surface area contributed by atoms with Crippen LogP contribution in [0.25, 0.3) is 0 Å². The molecule has 3 aromatic rings. The Balaban J connectivity index is 1.48. The minimum atomic E-state index is -0.219. The normalized spacial score (nSPS) is 12.7. The predicted octanol–water partition coefficient (Wildman–Crippen LogP) is 4.89. The van der Waals surface area contributed by atoms with E-state index in [1.807, 2.05) is 42.5 Å². The van der Waals surface area contributed by atoms with Crippen LogP contribution in [-0.2, 0) is 0 Å². The van der Waals surface area contributed by atoms with E-state index in [1.54, 1.807) is 30.3 Å². The van der Waals surface area contributed by atoms with Crippen LogP contribution in [0.4, 0.5) is 5.69 Å². The van der Waals surface area contributed by atoms with Crippen LogP contribution in [0.1, 0.15) is 16.8 Å². The Morgan fingerprint density at radius 1 is 0.815 bits per heavy atom. The minimum Gasteiger partial charge on any atom is -0.490 e. The molecule has 0 bridgehead atoms. The summed E-state index contributed by atoms with van der Waals surface area (Å²) in [4.78, 5) is 12.6. The number of anilines is 1. The maximum atomic E-state index is 12.6. The van der Waals surface area contributed by atoms with Crippen molar-refractivity contribution in [3.63, 3.8) is 0 Å². The van der Waals surface area contributed by atoms with Crippen molar-refractivity contribution >= 4 is 11.6 Å². The number of hydrogen-bond donors (Lipinski definition) is 1. The first-order valence-electron chi connectivity index (χ1n) is 8.82. The molecule has 0 atom stereocenters. The number of amides is 1. The lowest BCUT2D eigenvalue weighted by Crippen LogP contribution is -2.12. The molecule has 0 fully saturated rings. The van der Waals surface area contributed by atoms with Crippen LogP contribution in [-0.4, -0.2) is 19.1 Å². The standard InChI is InChI=1S/C22H19NO4/c24-22(23-17-10-11-20-21(15-17)26-13-5-12-25-20)16-6-4-9-19(14-16)27-18-7-2-1-3-8-18/h1-4,6-11,14-15H,5,12-13H2,(H,23,24). The van der Waals surface area contributed by atoms with E-state index in [2.05, 4.69) is 5.32 Å². The summed E-state index contributed by atoms with van der Waals surface area (Å²) in [5.74, 6) is 2.45. The Morgan fingerprint density at radius 3 is 2.44 bits per heavy atom. The zero-order valence-corrected chi connectivity index (χ0v) is 14.7. The number of fused-ring (bicyclic) bond motifs is 1. The Hall–Kier alpha value is -3.47. The molecule has 1 N–H and O–H groups in total. The largest absolute Gasteiger partial charge is 0.490 e. The number of benzene rings is 3. The van der Waals surface area contributed by atoms with Gasteiger partial charge in [0.1, 0.15) is 11.5 Å². The van der Waals surface area contributed by atoms with Crippen molar-refractivity contribution < 1.29 is 19.0 Å². The van der Waals surface area contributed by atoms with Crippen molar-refractivity contribution in [1.29, 1.82) is 0 Å². The van der Waals surface area contributed by atoms with Gasteiger partial charge in [-0.3, -0.25) is 4.79 Å². The van der Waals surface area contributed by atoms with E-state index in [4.69, 9.17) is 14.2 Å². The molecule has 136 valence electrons. The fourth-order valence-electron chi connectivity index (χ4n) is 2.77. The van der Waals surface area contributed by atoms with Crippen LogP contribution in [0.2, 0.25) is 0 Å². The molecule has 4 rings (SSSR count). The van der Waals surface area contributed by atoms with E-state index in [-0.39, 0.29) is 5.91 Å². The Bertz CT molecular complexity index is 940. The molecule has 0 radical (unpaired) electrons. The van der Waals surface area contributed by atoms with Crippen LogP contribution in [0.3, 0.4) is 0 Å². The first kappa shape index (κ1) is 17.0.